The molecule has 1 atom stereocenters. The fourth-order valence-electron chi connectivity index (χ4n) is 3.20. The summed E-state index contributed by atoms with van der Waals surface area (Å²) in [4.78, 5) is 20.7. The maximum atomic E-state index is 12.7. The molecule has 146 valence electrons. The van der Waals surface area contributed by atoms with Gasteiger partial charge in [0.05, 0.1) is 24.2 Å². The number of para-hydroxylation sites is 2. The SMILES string of the molecule is COc1ccc(NC(=O)NC(Cc2ccccc2)c2nc3ccccc3[nH]2)cc1. The van der Waals surface area contributed by atoms with Crippen LogP contribution in [0.25, 0.3) is 11.0 Å². The molecule has 0 saturated heterocycles. The molecule has 6 nitrogen and oxygen atoms in total. The molecule has 0 radical (unpaired) electrons. The zero-order valence-electron chi connectivity index (χ0n) is 16.1. The van der Waals surface area contributed by atoms with E-state index >= 15 is 0 Å². The highest BCUT2D eigenvalue weighted by Gasteiger charge is 2.19. The summed E-state index contributed by atoms with van der Waals surface area (Å²) in [5.74, 6) is 1.46. The zero-order valence-corrected chi connectivity index (χ0v) is 16.1. The summed E-state index contributed by atoms with van der Waals surface area (Å²) < 4.78 is 5.15. The van der Waals surface area contributed by atoms with Crippen molar-refractivity contribution in [2.24, 2.45) is 0 Å². The van der Waals surface area contributed by atoms with Crippen LogP contribution in [0.2, 0.25) is 0 Å². The van der Waals surface area contributed by atoms with Crippen LogP contribution in [0, 0.1) is 0 Å². The van der Waals surface area contributed by atoms with Gasteiger partial charge < -0.3 is 20.4 Å². The van der Waals surface area contributed by atoms with Gasteiger partial charge in [-0.3, -0.25) is 0 Å². The molecule has 3 N–H and O–H groups in total. The van der Waals surface area contributed by atoms with Gasteiger partial charge >= 0.3 is 6.03 Å². The Kier molecular flexibility index (Phi) is 5.42. The lowest BCUT2D eigenvalue weighted by Gasteiger charge is -2.17. The highest BCUT2D eigenvalue weighted by atomic mass is 16.5. The standard InChI is InChI=1S/C23H22N4O2/c1-29-18-13-11-17(12-14-18)24-23(28)27-21(15-16-7-3-2-4-8-16)22-25-19-9-5-6-10-20(19)26-22/h2-14,21H,15H2,1H3,(H,25,26)(H2,24,27,28). The minimum Gasteiger partial charge on any atom is -0.497 e. The molecule has 1 aromatic heterocycles. The van der Waals surface area contributed by atoms with Crippen molar-refractivity contribution in [1.29, 1.82) is 0 Å². The monoisotopic (exact) mass is 386 g/mol. The molecule has 0 aliphatic rings. The third kappa shape index (κ3) is 4.55. The van der Waals surface area contributed by atoms with Gasteiger partial charge in [-0.1, -0.05) is 42.5 Å². The van der Waals surface area contributed by atoms with Gasteiger partial charge in [-0.05, 0) is 48.4 Å². The van der Waals surface area contributed by atoms with Crippen LogP contribution in [0.1, 0.15) is 17.4 Å². The number of anilines is 1. The van der Waals surface area contributed by atoms with Crippen LogP contribution in [0.5, 0.6) is 5.75 Å². The van der Waals surface area contributed by atoms with E-state index < -0.39 is 0 Å². The number of aromatic amines is 1. The van der Waals surface area contributed by atoms with E-state index in [0.29, 0.717) is 12.1 Å². The number of carbonyl (C=O) groups is 1. The van der Waals surface area contributed by atoms with E-state index in [4.69, 9.17) is 4.74 Å². The number of fused-ring (bicyclic) bond motifs is 1. The summed E-state index contributed by atoms with van der Waals surface area (Å²) in [6.07, 6.45) is 0.622. The third-order valence-corrected chi connectivity index (χ3v) is 4.67. The number of nitrogens with zero attached hydrogens (tertiary/aromatic N) is 1. The van der Waals surface area contributed by atoms with Crippen molar-refractivity contribution in [2.45, 2.75) is 12.5 Å². The first-order valence-electron chi connectivity index (χ1n) is 9.41. The molecular formula is C23H22N4O2. The first-order chi connectivity index (χ1) is 14.2. The largest absolute Gasteiger partial charge is 0.497 e. The molecular weight excluding hydrogens is 364 g/mol. The molecule has 1 heterocycles. The lowest BCUT2D eigenvalue weighted by atomic mass is 10.1. The molecule has 29 heavy (non-hydrogen) atoms. The fourth-order valence-corrected chi connectivity index (χ4v) is 3.20. The van der Waals surface area contributed by atoms with E-state index in [9.17, 15) is 4.79 Å². The summed E-state index contributed by atoms with van der Waals surface area (Å²) in [5.41, 5.74) is 3.62. The quantitative estimate of drug-likeness (QED) is 0.450. The van der Waals surface area contributed by atoms with Crippen LogP contribution in [-0.4, -0.2) is 23.1 Å². The number of carbonyl (C=O) groups excluding carboxylic acids is 1. The van der Waals surface area contributed by atoms with Gasteiger partial charge in [0, 0.05) is 5.69 Å². The second kappa shape index (κ2) is 8.48. The second-order valence-electron chi connectivity index (χ2n) is 6.71. The van der Waals surface area contributed by atoms with E-state index in [1.165, 1.54) is 0 Å². The molecule has 4 aromatic rings. The maximum Gasteiger partial charge on any atom is 0.319 e. The Labute approximate surface area is 168 Å². The average molecular weight is 386 g/mol. The van der Waals surface area contributed by atoms with Gasteiger partial charge in [-0.15, -0.1) is 0 Å². The molecule has 0 bridgehead atoms. The number of amides is 2. The van der Waals surface area contributed by atoms with Crippen molar-refractivity contribution >= 4 is 22.8 Å². The van der Waals surface area contributed by atoms with E-state index in [0.717, 1.165) is 28.2 Å². The highest BCUT2D eigenvalue weighted by molar-refractivity contribution is 5.89. The number of hydrogen-bond donors (Lipinski definition) is 3. The number of H-pyrrole nitrogens is 1. The van der Waals surface area contributed by atoms with Gasteiger partial charge in [-0.2, -0.15) is 0 Å². The molecule has 0 spiro atoms. The van der Waals surface area contributed by atoms with Crippen molar-refractivity contribution < 1.29 is 9.53 Å². The van der Waals surface area contributed by atoms with Crippen molar-refractivity contribution in [3.05, 3.63) is 90.3 Å². The smallest absolute Gasteiger partial charge is 0.319 e. The Hall–Kier alpha value is -3.80. The number of nitrogens with one attached hydrogen (secondary N) is 3. The minimum absolute atomic E-state index is 0.295. The topological polar surface area (TPSA) is 79.0 Å². The van der Waals surface area contributed by atoms with Crippen molar-refractivity contribution in [2.75, 3.05) is 12.4 Å². The first-order valence-corrected chi connectivity index (χ1v) is 9.41. The van der Waals surface area contributed by atoms with Crippen molar-refractivity contribution in [3.8, 4) is 5.75 Å². The Morgan fingerprint density at radius 3 is 2.45 bits per heavy atom. The summed E-state index contributed by atoms with van der Waals surface area (Å²) >= 11 is 0. The normalized spacial score (nSPS) is 11.8. The summed E-state index contributed by atoms with van der Waals surface area (Å²) in [6, 6.07) is 24.5. The molecule has 0 aliphatic heterocycles. The number of imidazole rings is 1. The number of urea groups is 1. The van der Waals surface area contributed by atoms with Gasteiger partial charge in [0.2, 0.25) is 0 Å². The van der Waals surface area contributed by atoms with Gasteiger partial charge in [0.15, 0.2) is 0 Å². The lowest BCUT2D eigenvalue weighted by Crippen LogP contribution is -2.34. The van der Waals surface area contributed by atoms with Crippen molar-refractivity contribution in [3.63, 3.8) is 0 Å². The number of ether oxygens (including phenoxy) is 1. The van der Waals surface area contributed by atoms with Gasteiger partial charge in [0.1, 0.15) is 11.6 Å². The Balaban J connectivity index is 1.54. The number of methoxy groups -OCH3 is 1. The second-order valence-corrected chi connectivity index (χ2v) is 6.71. The minimum atomic E-state index is -0.303. The summed E-state index contributed by atoms with van der Waals surface area (Å²) in [5, 5.41) is 5.91. The number of hydrogen-bond acceptors (Lipinski definition) is 3. The zero-order chi connectivity index (χ0) is 20.1. The number of aromatic nitrogens is 2. The number of benzene rings is 3. The summed E-state index contributed by atoms with van der Waals surface area (Å²) in [7, 11) is 1.61. The van der Waals surface area contributed by atoms with Crippen LogP contribution in [-0.2, 0) is 6.42 Å². The first kappa shape index (κ1) is 18.6. The molecule has 0 aliphatic carbocycles. The van der Waals surface area contributed by atoms with Crippen LogP contribution in [0.3, 0.4) is 0 Å². The van der Waals surface area contributed by atoms with Crippen molar-refractivity contribution in [1.82, 2.24) is 15.3 Å². The average Bonchev–Trinajstić information content (AvgIpc) is 3.19. The van der Waals surface area contributed by atoms with E-state index in [-0.39, 0.29) is 12.1 Å². The fraction of sp³-hybridized carbons (Fsp3) is 0.130. The molecule has 6 heteroatoms. The van der Waals surface area contributed by atoms with Gasteiger partial charge in [-0.25, -0.2) is 9.78 Å². The molecule has 0 saturated carbocycles. The summed E-state index contributed by atoms with van der Waals surface area (Å²) in [6.45, 7) is 0. The molecule has 1 unspecified atom stereocenters. The molecule has 3 aromatic carbocycles. The maximum absolute atomic E-state index is 12.7. The Morgan fingerprint density at radius 2 is 1.72 bits per heavy atom. The molecule has 2 amide bonds. The Bertz CT molecular complexity index is 1060. The van der Waals surface area contributed by atoms with Crippen LogP contribution in [0.15, 0.2) is 78.9 Å². The lowest BCUT2D eigenvalue weighted by molar-refractivity contribution is 0.248. The van der Waals surface area contributed by atoms with Crippen LogP contribution < -0.4 is 15.4 Å². The number of rotatable bonds is 6. The van der Waals surface area contributed by atoms with Crippen LogP contribution in [0.4, 0.5) is 10.5 Å². The Morgan fingerprint density at radius 1 is 1.00 bits per heavy atom. The van der Waals surface area contributed by atoms with E-state index in [1.54, 1.807) is 31.4 Å². The predicted octanol–water partition coefficient (Wildman–Crippen LogP) is 4.68. The third-order valence-electron chi connectivity index (χ3n) is 4.67. The molecule has 0 fully saturated rings. The van der Waals surface area contributed by atoms with E-state index in [2.05, 4.69) is 20.6 Å². The van der Waals surface area contributed by atoms with E-state index in [1.807, 2.05) is 54.6 Å². The van der Waals surface area contributed by atoms with Gasteiger partial charge in [0.25, 0.3) is 0 Å². The van der Waals surface area contributed by atoms with Crippen LogP contribution >= 0.6 is 0 Å². The predicted molar refractivity (Wildman–Crippen MR) is 114 cm³/mol. The highest BCUT2D eigenvalue weighted by Crippen LogP contribution is 2.21. The molecule has 4 rings (SSSR count).